The second-order valence-corrected chi connectivity index (χ2v) is 12.0. The Bertz CT molecular complexity index is 2000. The number of alkyl carbamates (subject to hydrolysis) is 1. The first kappa shape index (κ1) is 32.3. The average Bonchev–Trinajstić information content (AvgIpc) is 3.12. The van der Waals surface area contributed by atoms with Crippen molar-refractivity contribution >= 4 is 28.7 Å². The number of ether oxygens (including phenoxy) is 1. The van der Waals surface area contributed by atoms with E-state index in [4.69, 9.17) is 9.15 Å². The van der Waals surface area contributed by atoms with Gasteiger partial charge in [-0.2, -0.15) is 0 Å². The molecule has 0 aromatic heterocycles. The zero-order valence-electron chi connectivity index (χ0n) is 27.0. The Kier molecular flexibility index (Phi) is 10.0. The molecule has 2 unspecified atom stereocenters. The van der Waals surface area contributed by atoms with Crippen LogP contribution in [0.4, 0.5) is 10.5 Å². The summed E-state index contributed by atoms with van der Waals surface area (Å²) in [4.78, 5) is 26.3. The molecule has 4 aliphatic rings. The summed E-state index contributed by atoms with van der Waals surface area (Å²) >= 11 is 0. The van der Waals surface area contributed by atoms with Crippen LogP contribution in [0.5, 0.6) is 0 Å². The summed E-state index contributed by atoms with van der Waals surface area (Å²) < 4.78 is 14.2. The fraction of sp³-hybridized carbons (Fsp3) is 0.225. The van der Waals surface area contributed by atoms with E-state index in [2.05, 4.69) is 63.9 Å². The van der Waals surface area contributed by atoms with E-state index < -0.39 is 12.1 Å². The maximum absolute atomic E-state index is 12.3. The molecule has 0 spiro atoms. The molecule has 3 aliphatic carbocycles. The molecule has 1 heterocycles. The zero-order valence-corrected chi connectivity index (χ0v) is 27.0. The molecule has 0 fully saturated rings. The fourth-order valence-electron chi connectivity index (χ4n) is 6.41. The highest BCUT2D eigenvalue weighted by Gasteiger charge is 2.23. The van der Waals surface area contributed by atoms with Gasteiger partial charge in [-0.05, 0) is 48.7 Å². The predicted molar refractivity (Wildman–Crippen MR) is 188 cm³/mol. The van der Waals surface area contributed by atoms with E-state index in [0.717, 1.165) is 46.9 Å². The third kappa shape index (κ3) is 7.18. The van der Waals surface area contributed by atoms with Crippen LogP contribution >= 0.6 is 0 Å². The van der Waals surface area contributed by atoms with Crippen molar-refractivity contribution in [2.75, 3.05) is 38.2 Å². The number of nitrogens with one attached hydrogen (secondary N) is 1. The van der Waals surface area contributed by atoms with Crippen LogP contribution < -0.4 is 25.3 Å². The summed E-state index contributed by atoms with van der Waals surface area (Å²) in [5, 5.41) is 16.5. The first-order valence-electron chi connectivity index (χ1n) is 16.2. The van der Waals surface area contributed by atoms with Gasteiger partial charge in [0.1, 0.15) is 17.9 Å². The average molecular weight is 642 g/mol. The summed E-state index contributed by atoms with van der Waals surface area (Å²) in [6, 6.07) is 18.9. The molecule has 8 nitrogen and oxygen atoms in total. The van der Waals surface area contributed by atoms with Gasteiger partial charge in [0.25, 0.3) is 0 Å². The van der Waals surface area contributed by atoms with Crippen LogP contribution in [-0.4, -0.2) is 45.4 Å². The topological polar surface area (TPSA) is 97.9 Å². The second-order valence-electron chi connectivity index (χ2n) is 12.0. The van der Waals surface area contributed by atoms with Gasteiger partial charge in [0.15, 0.2) is 13.2 Å². The van der Waals surface area contributed by atoms with E-state index in [1.807, 2.05) is 60.8 Å². The summed E-state index contributed by atoms with van der Waals surface area (Å²) in [5.74, 6) is -0.0165. The molecule has 2 aromatic rings. The van der Waals surface area contributed by atoms with Crippen molar-refractivity contribution in [1.82, 2.24) is 9.89 Å². The molecule has 2 atom stereocenters. The van der Waals surface area contributed by atoms with Crippen molar-refractivity contribution in [2.45, 2.75) is 12.8 Å². The maximum Gasteiger partial charge on any atom is 0.407 e. The largest absolute Gasteiger partial charge is 0.545 e. The number of hydrogen-bond acceptors (Lipinski definition) is 6. The van der Waals surface area contributed by atoms with E-state index in [1.54, 1.807) is 12.1 Å². The molecule has 6 rings (SSSR count). The van der Waals surface area contributed by atoms with Gasteiger partial charge >= 0.3 is 6.09 Å². The molecule has 0 bridgehead atoms. The first-order chi connectivity index (χ1) is 23.4. The van der Waals surface area contributed by atoms with Gasteiger partial charge in [-0.25, -0.2) is 9.37 Å². The van der Waals surface area contributed by atoms with E-state index >= 15 is 0 Å². The van der Waals surface area contributed by atoms with Gasteiger partial charge < -0.3 is 29.3 Å². The van der Waals surface area contributed by atoms with E-state index in [9.17, 15) is 14.7 Å². The number of fused-ring (bicyclic) bond motifs is 2. The number of benzene rings is 3. The van der Waals surface area contributed by atoms with Gasteiger partial charge in [0.05, 0.1) is 12.0 Å². The molecular formula is C40H39N3O5. The van der Waals surface area contributed by atoms with Crippen LogP contribution in [0, 0.1) is 11.8 Å². The number of amides is 1. The molecule has 1 N–H and O–H groups in total. The lowest BCUT2D eigenvalue weighted by Crippen LogP contribution is -2.37. The van der Waals surface area contributed by atoms with Gasteiger partial charge in [-0.3, -0.25) is 0 Å². The Hall–Kier alpha value is -5.63. The lowest BCUT2D eigenvalue weighted by molar-refractivity contribution is -0.254. The van der Waals surface area contributed by atoms with Crippen molar-refractivity contribution < 1.29 is 23.8 Å². The van der Waals surface area contributed by atoms with Crippen LogP contribution in [0.1, 0.15) is 23.2 Å². The highest BCUT2D eigenvalue weighted by molar-refractivity contribution is 6.07. The Labute approximate surface area is 280 Å². The van der Waals surface area contributed by atoms with E-state index in [0.29, 0.717) is 35.9 Å². The highest BCUT2D eigenvalue weighted by atomic mass is 16.5. The summed E-state index contributed by atoms with van der Waals surface area (Å²) in [5.41, 5.74) is 3.72. The molecule has 0 saturated carbocycles. The van der Waals surface area contributed by atoms with E-state index in [-0.39, 0.29) is 18.1 Å². The molecule has 1 amide bonds. The lowest BCUT2D eigenvalue weighted by atomic mass is 9.90. The minimum Gasteiger partial charge on any atom is -0.545 e. The molecule has 0 saturated heterocycles. The first-order valence-corrected chi connectivity index (χ1v) is 16.2. The third-order valence-corrected chi connectivity index (χ3v) is 8.85. The third-order valence-electron chi connectivity index (χ3n) is 8.85. The van der Waals surface area contributed by atoms with Crippen molar-refractivity contribution in [3.8, 4) is 22.5 Å². The van der Waals surface area contributed by atoms with Crippen molar-refractivity contribution in [1.29, 1.82) is 0 Å². The molecular weight excluding hydrogens is 602 g/mol. The van der Waals surface area contributed by atoms with Gasteiger partial charge in [-0.1, -0.05) is 79.5 Å². The smallest absolute Gasteiger partial charge is 0.407 e. The number of allylic oxidation sites excluding steroid dienone is 6. The van der Waals surface area contributed by atoms with Crippen LogP contribution in [0.15, 0.2) is 126 Å². The highest BCUT2D eigenvalue weighted by Crippen LogP contribution is 2.42. The Balaban J connectivity index is 1.52. The van der Waals surface area contributed by atoms with Crippen LogP contribution in [0.3, 0.4) is 0 Å². The number of rotatable bonds is 11. The van der Waals surface area contributed by atoms with Gasteiger partial charge in [0.2, 0.25) is 5.36 Å². The molecule has 1 aliphatic heterocycles. The standard InChI is InChI=1S/C40H39N3O5/c1-3-42(26-28-12-6-4-7-13-28)30-18-20-34-36(24-30)48-37-25-31(19-21-35(37)38(34)32-16-10-11-17-33(32)39(44)45)43(22-23-47-40(46)41-2)27-29-14-8-5-9-15-29/h3-12,14,16-21,24-25,28-29H,1,13,15,22-23,26-27H2,2H3,(H-,41,44,45,46). The fourth-order valence-corrected chi connectivity index (χ4v) is 6.41. The Morgan fingerprint density at radius 1 is 1.00 bits per heavy atom. The molecule has 244 valence electrons. The van der Waals surface area contributed by atoms with Crippen LogP contribution in [0.25, 0.3) is 33.4 Å². The summed E-state index contributed by atoms with van der Waals surface area (Å²) in [7, 11) is 1.54. The Morgan fingerprint density at radius 3 is 2.48 bits per heavy atom. The van der Waals surface area contributed by atoms with Gasteiger partial charge in [-0.15, -0.1) is 0 Å². The van der Waals surface area contributed by atoms with E-state index in [1.165, 1.54) is 7.05 Å². The van der Waals surface area contributed by atoms with Gasteiger partial charge in [0, 0.05) is 59.4 Å². The number of carboxylic acids is 1. The number of carbonyl (C=O) groups excluding carboxylic acids is 2. The monoisotopic (exact) mass is 641 g/mol. The quantitative estimate of drug-likeness (QED) is 0.162. The Morgan fingerprint density at radius 2 is 1.77 bits per heavy atom. The molecule has 8 heteroatoms. The van der Waals surface area contributed by atoms with Crippen molar-refractivity contribution in [2.24, 2.45) is 11.8 Å². The normalized spacial score (nSPS) is 17.4. The van der Waals surface area contributed by atoms with Crippen LogP contribution in [0.2, 0.25) is 0 Å². The summed E-state index contributed by atoms with van der Waals surface area (Å²) in [6.07, 6.45) is 20.2. The SMILES string of the molecule is C=CN(CC1C=CC=CC1)c1ccc2c(-c3ccccc3C(=O)[O-])c3ccc(=[N+](CCOC(=O)NC)CC4C=CC=CC4)cc-3oc2c1. The number of carbonyl (C=O) groups is 2. The minimum atomic E-state index is -1.25. The number of hydrogen-bond donors (Lipinski definition) is 1. The zero-order chi connectivity index (χ0) is 33.5. The van der Waals surface area contributed by atoms with Crippen molar-refractivity contribution in [3.63, 3.8) is 0 Å². The number of aromatic carboxylic acids is 1. The molecule has 48 heavy (non-hydrogen) atoms. The summed E-state index contributed by atoms with van der Waals surface area (Å²) in [6.45, 7) is 6.23. The van der Waals surface area contributed by atoms with Crippen molar-refractivity contribution in [3.05, 3.63) is 133 Å². The number of carboxylic acid groups (broad SMARTS) is 1. The number of nitrogens with zero attached hydrogens (tertiary/aromatic N) is 2. The molecule has 2 aromatic carbocycles. The maximum atomic E-state index is 12.3. The predicted octanol–water partition coefficient (Wildman–Crippen LogP) is 5.91. The van der Waals surface area contributed by atoms with Crippen LogP contribution in [-0.2, 0) is 4.74 Å². The lowest BCUT2D eigenvalue weighted by Gasteiger charge is -2.25. The molecule has 0 radical (unpaired) electrons. The number of anilines is 1. The second kappa shape index (κ2) is 14.9. The minimum absolute atomic E-state index is 0.106.